The van der Waals surface area contributed by atoms with E-state index in [1.807, 2.05) is 42.5 Å². The molecule has 3 fully saturated rings. The lowest BCUT2D eigenvalue weighted by Crippen LogP contribution is -2.50. The molecule has 0 aromatic heterocycles. The van der Waals surface area contributed by atoms with Gasteiger partial charge in [0.15, 0.2) is 6.23 Å². The van der Waals surface area contributed by atoms with Gasteiger partial charge < -0.3 is 19.1 Å². The minimum atomic E-state index is -0.772. The summed E-state index contributed by atoms with van der Waals surface area (Å²) in [5.74, 6) is 0.548. The molecule has 0 radical (unpaired) electrons. The summed E-state index contributed by atoms with van der Waals surface area (Å²) in [7, 11) is 3.31. The van der Waals surface area contributed by atoms with E-state index in [0.717, 1.165) is 56.1 Å². The Labute approximate surface area is 251 Å². The van der Waals surface area contributed by atoms with E-state index in [1.54, 1.807) is 14.2 Å². The van der Waals surface area contributed by atoms with E-state index in [9.17, 15) is 4.79 Å². The van der Waals surface area contributed by atoms with Crippen molar-refractivity contribution in [1.29, 1.82) is 0 Å². The molecule has 1 saturated carbocycles. The van der Waals surface area contributed by atoms with Crippen molar-refractivity contribution in [2.24, 2.45) is 0 Å². The summed E-state index contributed by atoms with van der Waals surface area (Å²) in [6, 6.07) is 17.8. The molecule has 3 aliphatic rings. The molecular weight excluding hydrogens is 561 g/mol. The summed E-state index contributed by atoms with van der Waals surface area (Å²) < 4.78 is 17.4. The van der Waals surface area contributed by atoms with Crippen molar-refractivity contribution in [1.82, 2.24) is 14.7 Å². The Balaban J connectivity index is 0.00000178. The lowest BCUT2D eigenvalue weighted by Gasteiger charge is -2.39. The van der Waals surface area contributed by atoms with Crippen molar-refractivity contribution < 1.29 is 19.0 Å². The summed E-state index contributed by atoms with van der Waals surface area (Å²) in [4.78, 5) is 21.2. The quantitative estimate of drug-likeness (QED) is 0.369. The Morgan fingerprint density at radius 2 is 1.44 bits per heavy atom. The number of likely N-dealkylation sites (tertiary alicyclic amines) is 1. The number of rotatable bonds is 10. The van der Waals surface area contributed by atoms with E-state index in [0.29, 0.717) is 6.42 Å². The smallest absolute Gasteiger partial charge is 0.321 e. The first kappa shape index (κ1) is 33.6. The van der Waals surface area contributed by atoms with Gasteiger partial charge in [0.1, 0.15) is 11.2 Å². The fourth-order valence-corrected chi connectivity index (χ4v) is 5.73. The number of hydrogen-bond donors (Lipinski definition) is 0. The van der Waals surface area contributed by atoms with Crippen LogP contribution in [0.2, 0.25) is 0 Å². The number of ether oxygens (including phenoxy) is 3. The van der Waals surface area contributed by atoms with Gasteiger partial charge in [-0.25, -0.2) is 0 Å². The van der Waals surface area contributed by atoms with E-state index >= 15 is 0 Å². The molecule has 1 unspecified atom stereocenters. The molecule has 0 amide bonds. The van der Waals surface area contributed by atoms with E-state index < -0.39 is 11.6 Å². The molecule has 2 aliphatic heterocycles. The van der Waals surface area contributed by atoms with Gasteiger partial charge >= 0.3 is 5.97 Å². The lowest BCUT2D eigenvalue weighted by molar-refractivity contribution is -0.166. The molecule has 0 bridgehead atoms. The van der Waals surface area contributed by atoms with Crippen LogP contribution < -0.4 is 4.74 Å². The molecule has 7 nitrogen and oxygen atoms in total. The lowest BCUT2D eigenvalue weighted by atomic mass is 9.95. The molecule has 0 spiro atoms. The standard InChI is InChI=1S/C29H39N3O4.3ClH/c1-34-25-12-10-24(11-13-25)29(22-26(29)35-2)28(33)36-27(23-8-4-3-5-9-23)32-20-18-31(19-21-32)17-16-30-14-6-7-15-30;;;/h3-5,8-13,26-27H,6-7,14-22H2,1-2H3;3*1H/t26-,27?,29-;;;/m1.../s1. The van der Waals surface area contributed by atoms with Gasteiger partial charge in [0.25, 0.3) is 0 Å². The molecule has 2 heterocycles. The van der Waals surface area contributed by atoms with E-state index in [-0.39, 0.29) is 49.3 Å². The van der Waals surface area contributed by atoms with E-state index in [4.69, 9.17) is 14.2 Å². The molecule has 3 atom stereocenters. The van der Waals surface area contributed by atoms with Crippen molar-refractivity contribution in [3.8, 4) is 5.75 Å². The Morgan fingerprint density at radius 3 is 1.97 bits per heavy atom. The maximum Gasteiger partial charge on any atom is 0.321 e. The number of carbonyl (C=O) groups is 1. The van der Waals surface area contributed by atoms with Crippen molar-refractivity contribution in [2.45, 2.75) is 37.0 Å². The number of benzene rings is 2. The topological polar surface area (TPSA) is 54.5 Å². The van der Waals surface area contributed by atoms with Crippen LogP contribution in [0.3, 0.4) is 0 Å². The van der Waals surface area contributed by atoms with Gasteiger partial charge in [-0.15, -0.1) is 37.2 Å². The van der Waals surface area contributed by atoms with Crippen molar-refractivity contribution in [3.05, 3.63) is 65.7 Å². The van der Waals surface area contributed by atoms with Crippen LogP contribution in [-0.2, 0) is 19.7 Å². The van der Waals surface area contributed by atoms with Gasteiger partial charge in [-0.3, -0.25) is 14.6 Å². The number of hydrogen-bond acceptors (Lipinski definition) is 7. The van der Waals surface area contributed by atoms with Crippen molar-refractivity contribution in [3.63, 3.8) is 0 Å². The molecule has 0 N–H and O–H groups in total. The Morgan fingerprint density at radius 1 is 0.846 bits per heavy atom. The summed E-state index contributed by atoms with van der Waals surface area (Å²) in [6.45, 7) is 8.46. The molecule has 39 heavy (non-hydrogen) atoms. The number of esters is 1. The van der Waals surface area contributed by atoms with Crippen LogP contribution in [0.25, 0.3) is 0 Å². The number of halogens is 3. The van der Waals surface area contributed by atoms with Crippen LogP contribution in [-0.4, -0.2) is 93.4 Å². The van der Waals surface area contributed by atoms with Crippen LogP contribution in [0, 0.1) is 0 Å². The zero-order valence-corrected chi connectivity index (χ0v) is 25.3. The monoisotopic (exact) mass is 601 g/mol. The van der Waals surface area contributed by atoms with Gasteiger partial charge in [-0.2, -0.15) is 0 Å². The maximum absolute atomic E-state index is 13.8. The predicted octanol–water partition coefficient (Wildman–Crippen LogP) is 4.57. The van der Waals surface area contributed by atoms with E-state index in [2.05, 4.69) is 26.8 Å². The van der Waals surface area contributed by atoms with Gasteiger partial charge in [0.05, 0.1) is 13.2 Å². The molecule has 218 valence electrons. The van der Waals surface area contributed by atoms with Gasteiger partial charge in [0, 0.05) is 51.9 Å². The predicted molar refractivity (Wildman–Crippen MR) is 161 cm³/mol. The Bertz CT molecular complexity index is 1000. The largest absolute Gasteiger partial charge is 0.497 e. The van der Waals surface area contributed by atoms with E-state index in [1.165, 1.54) is 25.9 Å². The zero-order valence-electron chi connectivity index (χ0n) is 22.8. The minimum absolute atomic E-state index is 0. The van der Waals surface area contributed by atoms with Crippen molar-refractivity contribution in [2.75, 3.05) is 66.6 Å². The third kappa shape index (κ3) is 7.59. The highest BCUT2D eigenvalue weighted by Gasteiger charge is 2.64. The second-order valence-electron chi connectivity index (χ2n) is 10.2. The summed E-state index contributed by atoms with van der Waals surface area (Å²) in [6.07, 6.45) is 2.70. The zero-order chi connectivity index (χ0) is 25.0. The van der Waals surface area contributed by atoms with Crippen LogP contribution in [0.15, 0.2) is 54.6 Å². The Kier molecular flexibility index (Phi) is 13.3. The van der Waals surface area contributed by atoms with Crippen LogP contribution >= 0.6 is 37.2 Å². The highest BCUT2D eigenvalue weighted by Crippen LogP contribution is 2.52. The average Bonchev–Trinajstić information content (AvgIpc) is 3.46. The normalized spacial score (nSPS) is 24.0. The van der Waals surface area contributed by atoms with Gasteiger partial charge in [-0.05, 0) is 50.0 Å². The molecule has 2 saturated heterocycles. The summed E-state index contributed by atoms with van der Waals surface area (Å²) in [5, 5.41) is 0. The molecule has 2 aromatic carbocycles. The fourth-order valence-electron chi connectivity index (χ4n) is 5.73. The summed E-state index contributed by atoms with van der Waals surface area (Å²) in [5.41, 5.74) is 1.15. The van der Waals surface area contributed by atoms with Crippen molar-refractivity contribution >= 4 is 43.2 Å². The third-order valence-electron chi connectivity index (χ3n) is 8.12. The first-order chi connectivity index (χ1) is 17.6. The first-order valence-corrected chi connectivity index (χ1v) is 13.3. The fraction of sp³-hybridized carbons (Fsp3) is 0.552. The van der Waals surface area contributed by atoms with Crippen LogP contribution in [0.1, 0.15) is 36.6 Å². The van der Waals surface area contributed by atoms with Crippen LogP contribution in [0.4, 0.5) is 0 Å². The highest BCUT2D eigenvalue weighted by molar-refractivity contribution is 5.88. The molecule has 10 heteroatoms. The van der Waals surface area contributed by atoms with Gasteiger partial charge in [-0.1, -0.05) is 42.5 Å². The SMILES string of the molecule is COc1ccc([C@]2(C(=O)OC(c3ccccc3)N3CCN(CCN4CCCC4)CC3)C[C@H]2OC)cc1.Cl.Cl.Cl. The third-order valence-corrected chi connectivity index (χ3v) is 8.12. The number of piperazine rings is 1. The molecule has 5 rings (SSSR count). The molecule has 1 aliphatic carbocycles. The first-order valence-electron chi connectivity index (χ1n) is 13.3. The van der Waals surface area contributed by atoms with Crippen LogP contribution in [0.5, 0.6) is 5.75 Å². The molecule has 2 aromatic rings. The second kappa shape index (κ2) is 15.4. The molecular formula is C29H42Cl3N3O4. The number of carbonyl (C=O) groups excluding carboxylic acids is 1. The number of nitrogens with zero attached hydrogens (tertiary/aromatic N) is 3. The maximum atomic E-state index is 13.8. The Hall–Kier alpha value is -1.58. The minimum Gasteiger partial charge on any atom is -0.497 e. The van der Waals surface area contributed by atoms with Gasteiger partial charge in [0.2, 0.25) is 0 Å². The second-order valence-corrected chi connectivity index (χ2v) is 10.2. The summed E-state index contributed by atoms with van der Waals surface area (Å²) >= 11 is 0. The highest BCUT2D eigenvalue weighted by atomic mass is 35.5. The average molecular weight is 603 g/mol. The number of methoxy groups -OCH3 is 2.